The third-order valence-corrected chi connectivity index (χ3v) is 3.01. The zero-order chi connectivity index (χ0) is 11.4. The first kappa shape index (κ1) is 12.6. The van der Waals surface area contributed by atoms with Crippen LogP contribution in [0.15, 0.2) is 22.7 Å². The van der Waals surface area contributed by atoms with Gasteiger partial charge in [-0.05, 0) is 30.7 Å². The molecule has 1 amide bonds. The van der Waals surface area contributed by atoms with Gasteiger partial charge in [0, 0.05) is 11.0 Å². The molecule has 0 bridgehead atoms. The van der Waals surface area contributed by atoms with Gasteiger partial charge in [0.2, 0.25) is 5.91 Å². The Morgan fingerprint density at radius 2 is 2.27 bits per heavy atom. The Kier molecular flexibility index (Phi) is 4.73. The molecule has 1 atom stereocenters. The van der Waals surface area contributed by atoms with Gasteiger partial charge in [-0.1, -0.05) is 31.9 Å². The zero-order valence-corrected chi connectivity index (χ0v) is 11.2. The maximum Gasteiger partial charge on any atom is 0.233 e. The fourth-order valence-corrected chi connectivity index (χ4v) is 1.55. The maximum absolute atomic E-state index is 12.9. The minimum atomic E-state index is -0.311. The summed E-state index contributed by atoms with van der Waals surface area (Å²) >= 11 is 6.44. The van der Waals surface area contributed by atoms with Gasteiger partial charge in [0.1, 0.15) is 5.82 Å². The molecule has 5 heteroatoms. The lowest BCUT2D eigenvalue weighted by Gasteiger charge is -2.08. The van der Waals surface area contributed by atoms with Gasteiger partial charge in [-0.25, -0.2) is 4.39 Å². The van der Waals surface area contributed by atoms with Crippen molar-refractivity contribution in [3.63, 3.8) is 0 Å². The number of hydrogen-bond acceptors (Lipinski definition) is 1. The lowest BCUT2D eigenvalue weighted by molar-refractivity contribution is -0.120. The van der Waals surface area contributed by atoms with Crippen molar-refractivity contribution in [3.8, 4) is 0 Å². The molecule has 15 heavy (non-hydrogen) atoms. The molecule has 0 fully saturated rings. The van der Waals surface area contributed by atoms with Gasteiger partial charge < -0.3 is 5.32 Å². The van der Waals surface area contributed by atoms with Crippen LogP contribution in [0.5, 0.6) is 0 Å². The quantitative estimate of drug-likeness (QED) is 0.843. The summed E-state index contributed by atoms with van der Waals surface area (Å²) in [7, 11) is 0. The van der Waals surface area contributed by atoms with Crippen molar-refractivity contribution in [2.24, 2.45) is 0 Å². The summed E-state index contributed by atoms with van der Waals surface area (Å²) < 4.78 is 13.7. The standard InChI is InChI=1S/C10H10Br2FNO/c1-6(11)10(15)14-5-7-4-8(13)2-3-9(7)12/h2-4,6H,5H2,1H3,(H,14,15). The fourth-order valence-electron chi connectivity index (χ4n) is 1.00. The van der Waals surface area contributed by atoms with E-state index in [4.69, 9.17) is 0 Å². The van der Waals surface area contributed by atoms with Gasteiger partial charge in [-0.3, -0.25) is 4.79 Å². The topological polar surface area (TPSA) is 29.1 Å². The SMILES string of the molecule is CC(Br)C(=O)NCc1cc(F)ccc1Br. The molecule has 0 radical (unpaired) electrons. The fraction of sp³-hybridized carbons (Fsp3) is 0.300. The third kappa shape index (κ3) is 3.91. The van der Waals surface area contributed by atoms with E-state index in [1.165, 1.54) is 12.1 Å². The van der Waals surface area contributed by atoms with E-state index in [0.29, 0.717) is 6.54 Å². The lowest BCUT2D eigenvalue weighted by Crippen LogP contribution is -2.28. The number of amides is 1. The van der Waals surface area contributed by atoms with Crippen molar-refractivity contribution in [2.45, 2.75) is 18.3 Å². The van der Waals surface area contributed by atoms with E-state index in [1.807, 2.05) is 0 Å². The second-order valence-corrected chi connectivity index (χ2v) is 5.30. The molecule has 0 aliphatic heterocycles. The third-order valence-electron chi connectivity index (χ3n) is 1.82. The molecule has 0 aliphatic rings. The summed E-state index contributed by atoms with van der Waals surface area (Å²) in [6, 6.07) is 4.38. The van der Waals surface area contributed by atoms with Crippen LogP contribution < -0.4 is 5.32 Å². The molecule has 0 saturated carbocycles. The van der Waals surface area contributed by atoms with E-state index in [9.17, 15) is 9.18 Å². The number of alkyl halides is 1. The van der Waals surface area contributed by atoms with Crippen LogP contribution in [-0.2, 0) is 11.3 Å². The first-order chi connectivity index (χ1) is 7.00. The Morgan fingerprint density at radius 3 is 2.87 bits per heavy atom. The molecule has 1 unspecified atom stereocenters. The molecule has 1 N–H and O–H groups in total. The largest absolute Gasteiger partial charge is 0.351 e. The Morgan fingerprint density at radius 1 is 1.60 bits per heavy atom. The molecule has 1 rings (SSSR count). The van der Waals surface area contributed by atoms with E-state index in [0.717, 1.165) is 10.0 Å². The number of nitrogens with one attached hydrogen (secondary N) is 1. The van der Waals surface area contributed by atoms with Gasteiger partial charge >= 0.3 is 0 Å². The van der Waals surface area contributed by atoms with Crippen LogP contribution in [-0.4, -0.2) is 10.7 Å². The maximum atomic E-state index is 12.9. The van der Waals surface area contributed by atoms with Crippen LogP contribution in [0.25, 0.3) is 0 Å². The first-order valence-corrected chi connectivity index (χ1v) is 6.07. The van der Waals surface area contributed by atoms with E-state index >= 15 is 0 Å². The van der Waals surface area contributed by atoms with Crippen LogP contribution in [0.2, 0.25) is 0 Å². The summed E-state index contributed by atoms with van der Waals surface area (Å²) in [5.74, 6) is -0.430. The summed E-state index contributed by atoms with van der Waals surface area (Å²) in [5.41, 5.74) is 0.719. The Labute approximate surface area is 105 Å². The minimum Gasteiger partial charge on any atom is -0.351 e. The smallest absolute Gasteiger partial charge is 0.233 e. The van der Waals surface area contributed by atoms with Gasteiger partial charge in [0.25, 0.3) is 0 Å². The zero-order valence-electron chi connectivity index (χ0n) is 8.06. The molecule has 2 nitrogen and oxygen atoms in total. The predicted molar refractivity (Wildman–Crippen MR) is 64.3 cm³/mol. The average Bonchev–Trinajstić information content (AvgIpc) is 2.18. The molecule has 0 saturated heterocycles. The Bertz CT molecular complexity index is 368. The number of benzene rings is 1. The highest BCUT2D eigenvalue weighted by Crippen LogP contribution is 2.17. The second kappa shape index (κ2) is 5.61. The molecule has 1 aromatic carbocycles. The second-order valence-electron chi connectivity index (χ2n) is 3.07. The number of hydrogen-bond donors (Lipinski definition) is 1. The van der Waals surface area contributed by atoms with E-state index in [1.54, 1.807) is 13.0 Å². The molecule has 1 aromatic rings. The summed E-state index contributed by atoms with van der Waals surface area (Å²) in [6.45, 7) is 2.04. The monoisotopic (exact) mass is 337 g/mol. The molecular weight excluding hydrogens is 329 g/mol. The predicted octanol–water partition coefficient (Wildman–Crippen LogP) is 2.99. The van der Waals surface area contributed by atoms with Gasteiger partial charge in [0.05, 0.1) is 4.83 Å². The highest BCUT2D eigenvalue weighted by atomic mass is 79.9. The highest BCUT2D eigenvalue weighted by Gasteiger charge is 2.09. The number of halogens is 3. The van der Waals surface area contributed by atoms with Gasteiger partial charge in [-0.15, -0.1) is 0 Å². The number of rotatable bonds is 3. The van der Waals surface area contributed by atoms with E-state index < -0.39 is 0 Å². The van der Waals surface area contributed by atoms with Crippen molar-refractivity contribution in [3.05, 3.63) is 34.1 Å². The van der Waals surface area contributed by atoms with Crippen molar-refractivity contribution >= 4 is 37.8 Å². The normalized spacial score (nSPS) is 12.3. The van der Waals surface area contributed by atoms with Gasteiger partial charge in [-0.2, -0.15) is 0 Å². The summed E-state index contributed by atoms with van der Waals surface area (Å²) in [5, 5.41) is 2.68. The molecule has 0 heterocycles. The Balaban J connectivity index is 2.65. The number of carbonyl (C=O) groups is 1. The van der Waals surface area contributed by atoms with Crippen molar-refractivity contribution in [1.29, 1.82) is 0 Å². The molecular formula is C10H10Br2FNO. The van der Waals surface area contributed by atoms with Crippen molar-refractivity contribution in [1.82, 2.24) is 5.32 Å². The van der Waals surface area contributed by atoms with Crippen LogP contribution in [0.3, 0.4) is 0 Å². The molecule has 0 aromatic heterocycles. The van der Waals surface area contributed by atoms with E-state index in [2.05, 4.69) is 37.2 Å². The summed E-state index contributed by atoms with van der Waals surface area (Å²) in [6.07, 6.45) is 0. The van der Waals surface area contributed by atoms with Crippen LogP contribution in [0, 0.1) is 5.82 Å². The number of carbonyl (C=O) groups excluding carboxylic acids is 1. The summed E-state index contributed by atoms with van der Waals surface area (Å²) in [4.78, 5) is 11.0. The van der Waals surface area contributed by atoms with Gasteiger partial charge in [0.15, 0.2) is 0 Å². The molecule has 0 aliphatic carbocycles. The lowest BCUT2D eigenvalue weighted by atomic mass is 10.2. The van der Waals surface area contributed by atoms with Crippen molar-refractivity contribution in [2.75, 3.05) is 0 Å². The Hall–Kier alpha value is -0.420. The van der Waals surface area contributed by atoms with Crippen LogP contribution in [0.1, 0.15) is 12.5 Å². The molecule has 0 spiro atoms. The van der Waals surface area contributed by atoms with Crippen molar-refractivity contribution < 1.29 is 9.18 Å². The van der Waals surface area contributed by atoms with E-state index in [-0.39, 0.29) is 16.6 Å². The highest BCUT2D eigenvalue weighted by molar-refractivity contribution is 9.10. The van der Waals surface area contributed by atoms with Crippen LogP contribution in [0.4, 0.5) is 4.39 Å². The first-order valence-electron chi connectivity index (χ1n) is 4.36. The minimum absolute atomic E-state index is 0.119. The molecule has 82 valence electrons. The van der Waals surface area contributed by atoms with Crippen LogP contribution >= 0.6 is 31.9 Å². The average molecular weight is 339 g/mol.